The zero-order valence-corrected chi connectivity index (χ0v) is 18.5. The third kappa shape index (κ3) is 5.00. The number of hydrogen-bond acceptors (Lipinski definition) is 2. The molecule has 0 aliphatic heterocycles. The highest BCUT2D eigenvalue weighted by Crippen LogP contribution is 2.32. The van der Waals surface area contributed by atoms with E-state index in [1.807, 2.05) is 36.4 Å². The van der Waals surface area contributed by atoms with Crippen molar-refractivity contribution >= 4 is 11.8 Å². The summed E-state index contributed by atoms with van der Waals surface area (Å²) < 4.78 is 0. The Hall–Kier alpha value is -2.62. The highest BCUT2D eigenvalue weighted by atomic mass is 16.2. The molecule has 4 nitrogen and oxygen atoms in total. The third-order valence-electron chi connectivity index (χ3n) is 7.25. The van der Waals surface area contributed by atoms with E-state index >= 15 is 0 Å². The van der Waals surface area contributed by atoms with Gasteiger partial charge in [0.2, 0.25) is 11.8 Å². The van der Waals surface area contributed by atoms with Crippen molar-refractivity contribution in [2.24, 2.45) is 11.8 Å². The monoisotopic (exact) mass is 418 g/mol. The largest absolute Gasteiger partial charge is 0.353 e. The van der Waals surface area contributed by atoms with Gasteiger partial charge in [-0.1, -0.05) is 73.5 Å². The Bertz CT molecular complexity index is 827. The minimum Gasteiger partial charge on any atom is -0.353 e. The topological polar surface area (TPSA) is 58.2 Å². The van der Waals surface area contributed by atoms with Crippen LogP contribution >= 0.6 is 0 Å². The molecule has 0 saturated heterocycles. The van der Waals surface area contributed by atoms with Crippen molar-refractivity contribution in [1.29, 1.82) is 0 Å². The van der Waals surface area contributed by atoms with E-state index in [4.69, 9.17) is 0 Å². The zero-order chi connectivity index (χ0) is 21.7. The van der Waals surface area contributed by atoms with E-state index in [1.54, 1.807) is 0 Å². The fourth-order valence-corrected chi connectivity index (χ4v) is 5.21. The van der Waals surface area contributed by atoms with Crippen LogP contribution in [0, 0.1) is 11.8 Å². The quantitative estimate of drug-likeness (QED) is 0.699. The Morgan fingerprint density at radius 3 is 1.71 bits per heavy atom. The lowest BCUT2D eigenvalue weighted by molar-refractivity contribution is -0.128. The molecule has 0 bridgehead atoms. The summed E-state index contributed by atoms with van der Waals surface area (Å²) in [6.45, 7) is 2.09. The predicted octanol–water partition coefficient (Wildman–Crippen LogP) is 4.93. The molecule has 0 spiro atoms. The van der Waals surface area contributed by atoms with Gasteiger partial charge in [-0.25, -0.2) is 0 Å². The summed E-state index contributed by atoms with van der Waals surface area (Å²) in [5, 5.41) is 6.62. The predicted molar refractivity (Wildman–Crippen MR) is 123 cm³/mol. The van der Waals surface area contributed by atoms with E-state index in [-0.39, 0.29) is 29.7 Å². The van der Waals surface area contributed by atoms with Crippen molar-refractivity contribution in [2.45, 2.75) is 69.9 Å². The molecule has 0 radical (unpaired) electrons. The molecule has 4 rings (SSSR count). The molecular weight excluding hydrogens is 384 g/mol. The van der Waals surface area contributed by atoms with Crippen molar-refractivity contribution in [3.63, 3.8) is 0 Å². The van der Waals surface area contributed by atoms with E-state index in [1.165, 1.54) is 12.8 Å². The smallest absolute Gasteiger partial charge is 0.224 e. The molecule has 2 aromatic rings. The van der Waals surface area contributed by atoms with Crippen LogP contribution in [0.5, 0.6) is 0 Å². The average molecular weight is 419 g/mol. The lowest BCUT2D eigenvalue weighted by Crippen LogP contribution is -2.48. The molecule has 164 valence electrons. The lowest BCUT2D eigenvalue weighted by atomic mass is 9.81. The number of benzene rings is 2. The van der Waals surface area contributed by atoms with Crippen LogP contribution in [0.4, 0.5) is 0 Å². The van der Waals surface area contributed by atoms with Crippen LogP contribution < -0.4 is 10.6 Å². The summed E-state index contributed by atoms with van der Waals surface area (Å²) in [4.78, 5) is 25.7. The summed E-state index contributed by atoms with van der Waals surface area (Å²) in [5.41, 5.74) is 1.58. The van der Waals surface area contributed by atoms with E-state index < -0.39 is 5.54 Å². The maximum atomic E-state index is 13.3. The first kappa shape index (κ1) is 21.6. The van der Waals surface area contributed by atoms with Gasteiger partial charge < -0.3 is 10.6 Å². The van der Waals surface area contributed by atoms with E-state index in [0.29, 0.717) is 0 Å². The Kier molecular flexibility index (Phi) is 6.74. The van der Waals surface area contributed by atoms with Crippen molar-refractivity contribution in [1.82, 2.24) is 10.6 Å². The van der Waals surface area contributed by atoms with Crippen LogP contribution in [0.3, 0.4) is 0 Å². The highest BCUT2D eigenvalue weighted by molar-refractivity contribution is 5.81. The summed E-state index contributed by atoms with van der Waals surface area (Å²) in [7, 11) is 0. The van der Waals surface area contributed by atoms with Crippen LogP contribution in [0.15, 0.2) is 60.7 Å². The summed E-state index contributed by atoms with van der Waals surface area (Å²) in [6.07, 6.45) is 7.80. The first-order valence-corrected chi connectivity index (χ1v) is 11.8. The van der Waals surface area contributed by atoms with E-state index in [2.05, 4.69) is 41.8 Å². The Morgan fingerprint density at radius 1 is 0.710 bits per heavy atom. The Morgan fingerprint density at radius 2 is 1.19 bits per heavy atom. The zero-order valence-electron chi connectivity index (χ0n) is 18.5. The van der Waals surface area contributed by atoms with Gasteiger partial charge in [-0.3, -0.25) is 9.59 Å². The first-order chi connectivity index (χ1) is 15.1. The molecule has 2 amide bonds. The van der Waals surface area contributed by atoms with Gasteiger partial charge in [-0.05, 0) is 56.6 Å². The minimum atomic E-state index is -0.576. The van der Waals surface area contributed by atoms with Crippen molar-refractivity contribution < 1.29 is 9.59 Å². The molecule has 2 aromatic carbocycles. The fraction of sp³-hybridized carbons (Fsp3) is 0.481. The number of hydrogen-bond donors (Lipinski definition) is 2. The second-order valence-corrected chi connectivity index (χ2v) is 9.38. The summed E-state index contributed by atoms with van der Waals surface area (Å²) in [5.74, 6) is 0.534. The molecular formula is C27H34N2O2. The van der Waals surface area contributed by atoms with E-state index in [0.717, 1.165) is 49.7 Å². The van der Waals surface area contributed by atoms with Crippen LogP contribution in [-0.2, 0) is 15.1 Å². The van der Waals surface area contributed by atoms with Gasteiger partial charge >= 0.3 is 0 Å². The van der Waals surface area contributed by atoms with Gasteiger partial charge in [0.1, 0.15) is 0 Å². The van der Waals surface area contributed by atoms with Gasteiger partial charge in [0, 0.05) is 17.9 Å². The molecule has 2 fully saturated rings. The van der Waals surface area contributed by atoms with Gasteiger partial charge in [-0.2, -0.15) is 0 Å². The Balaban J connectivity index is 1.39. The van der Waals surface area contributed by atoms with Gasteiger partial charge in [-0.15, -0.1) is 0 Å². The highest BCUT2D eigenvalue weighted by Gasteiger charge is 2.35. The maximum absolute atomic E-state index is 13.3. The van der Waals surface area contributed by atoms with Crippen molar-refractivity contribution in [2.75, 3.05) is 0 Å². The number of rotatable bonds is 6. The number of amides is 2. The molecule has 0 aromatic heterocycles. The van der Waals surface area contributed by atoms with Crippen LogP contribution in [0.2, 0.25) is 0 Å². The lowest BCUT2D eigenvalue weighted by Gasteiger charge is -2.35. The standard InChI is InChI=1S/C27H34N2O2/c1-27(22-12-4-2-5-13-22,23-14-6-3-7-15-23)29-26(31)21-16-18-24(19-17-21)28-25(30)20-10-8-9-11-20/h2-7,12-15,20-21,24H,8-11,16-19H2,1H3,(H,28,30)(H,29,31). The second kappa shape index (κ2) is 9.67. The summed E-state index contributed by atoms with van der Waals surface area (Å²) >= 11 is 0. The molecule has 2 aliphatic rings. The molecule has 0 heterocycles. The molecule has 31 heavy (non-hydrogen) atoms. The maximum Gasteiger partial charge on any atom is 0.224 e. The average Bonchev–Trinajstić information content (AvgIpc) is 3.36. The van der Waals surface area contributed by atoms with E-state index in [9.17, 15) is 9.59 Å². The molecule has 4 heteroatoms. The van der Waals surface area contributed by atoms with Gasteiger partial charge in [0.05, 0.1) is 5.54 Å². The summed E-state index contributed by atoms with van der Waals surface area (Å²) in [6, 6.07) is 20.6. The SMILES string of the molecule is CC(NC(=O)C1CCC(NC(=O)C2CCCC2)CC1)(c1ccccc1)c1ccccc1. The van der Waals surface area contributed by atoms with Gasteiger partial charge in [0.25, 0.3) is 0 Å². The van der Waals surface area contributed by atoms with Crippen LogP contribution in [0.25, 0.3) is 0 Å². The van der Waals surface area contributed by atoms with Crippen LogP contribution in [0.1, 0.15) is 69.4 Å². The molecule has 2 N–H and O–H groups in total. The number of carbonyl (C=O) groups excluding carboxylic acids is 2. The number of carbonyl (C=O) groups is 2. The van der Waals surface area contributed by atoms with Gasteiger partial charge in [0.15, 0.2) is 0 Å². The number of nitrogens with one attached hydrogen (secondary N) is 2. The normalized spacial score (nSPS) is 22.1. The Labute approximate surface area is 185 Å². The molecule has 0 unspecified atom stereocenters. The fourth-order valence-electron chi connectivity index (χ4n) is 5.21. The van der Waals surface area contributed by atoms with Crippen molar-refractivity contribution in [3.8, 4) is 0 Å². The van der Waals surface area contributed by atoms with Crippen LogP contribution in [-0.4, -0.2) is 17.9 Å². The first-order valence-electron chi connectivity index (χ1n) is 11.8. The minimum absolute atomic E-state index is 0.00798. The second-order valence-electron chi connectivity index (χ2n) is 9.38. The molecule has 2 aliphatic carbocycles. The molecule has 0 atom stereocenters. The van der Waals surface area contributed by atoms with Crippen molar-refractivity contribution in [3.05, 3.63) is 71.8 Å². The third-order valence-corrected chi connectivity index (χ3v) is 7.25. The molecule has 2 saturated carbocycles.